The van der Waals surface area contributed by atoms with Crippen molar-refractivity contribution in [3.63, 3.8) is 0 Å². The van der Waals surface area contributed by atoms with Gasteiger partial charge in [-0.1, -0.05) is 38.1 Å². The molecule has 2 heteroatoms. The number of rotatable bonds is 7. The summed E-state index contributed by atoms with van der Waals surface area (Å²) in [4.78, 5) is 2.60. The maximum absolute atomic E-state index is 3.60. The van der Waals surface area contributed by atoms with Gasteiger partial charge in [0.25, 0.3) is 0 Å². The van der Waals surface area contributed by atoms with Crippen LogP contribution in [0.1, 0.15) is 44.7 Å². The molecule has 1 aromatic carbocycles. The third-order valence-electron chi connectivity index (χ3n) is 4.20. The SMILES string of the molecule is CC(C)Cc1ccc(CNCC(C)N2CCCC2)cc1. The third-order valence-corrected chi connectivity index (χ3v) is 4.20. The average Bonchev–Trinajstić information content (AvgIpc) is 2.94. The van der Waals surface area contributed by atoms with E-state index in [4.69, 9.17) is 0 Å². The van der Waals surface area contributed by atoms with E-state index in [1.165, 1.54) is 43.5 Å². The monoisotopic (exact) mass is 274 g/mol. The smallest absolute Gasteiger partial charge is 0.0206 e. The highest BCUT2D eigenvalue weighted by atomic mass is 15.2. The van der Waals surface area contributed by atoms with Gasteiger partial charge in [0.15, 0.2) is 0 Å². The highest BCUT2D eigenvalue weighted by Crippen LogP contribution is 2.12. The second-order valence-corrected chi connectivity index (χ2v) is 6.64. The maximum atomic E-state index is 3.60. The van der Waals surface area contributed by atoms with Crippen molar-refractivity contribution >= 4 is 0 Å². The van der Waals surface area contributed by atoms with Gasteiger partial charge in [-0.2, -0.15) is 0 Å². The van der Waals surface area contributed by atoms with Gasteiger partial charge < -0.3 is 5.32 Å². The topological polar surface area (TPSA) is 15.3 Å². The lowest BCUT2D eigenvalue weighted by atomic mass is 10.0. The van der Waals surface area contributed by atoms with Crippen molar-refractivity contribution in [2.24, 2.45) is 5.92 Å². The summed E-state index contributed by atoms with van der Waals surface area (Å²) in [6.07, 6.45) is 3.93. The van der Waals surface area contributed by atoms with Gasteiger partial charge in [-0.25, -0.2) is 0 Å². The Kier molecular flexibility index (Phi) is 6.06. The average molecular weight is 274 g/mol. The highest BCUT2D eigenvalue weighted by molar-refractivity contribution is 5.22. The van der Waals surface area contributed by atoms with Gasteiger partial charge in [0.1, 0.15) is 0 Å². The normalized spacial score (nSPS) is 17.8. The van der Waals surface area contributed by atoms with Crippen LogP contribution in [0.15, 0.2) is 24.3 Å². The van der Waals surface area contributed by atoms with Crippen molar-refractivity contribution in [1.82, 2.24) is 10.2 Å². The van der Waals surface area contributed by atoms with Crippen LogP contribution in [0, 0.1) is 5.92 Å². The first-order valence-electron chi connectivity index (χ1n) is 8.17. The molecule has 20 heavy (non-hydrogen) atoms. The molecule has 0 aliphatic carbocycles. The predicted octanol–water partition coefficient (Wildman–Crippen LogP) is 3.46. The molecule has 2 nitrogen and oxygen atoms in total. The van der Waals surface area contributed by atoms with Crippen LogP contribution in [0.5, 0.6) is 0 Å². The molecule has 2 rings (SSSR count). The van der Waals surface area contributed by atoms with Crippen molar-refractivity contribution in [1.29, 1.82) is 0 Å². The molecule has 1 heterocycles. The molecule has 0 saturated carbocycles. The van der Waals surface area contributed by atoms with Gasteiger partial charge in [-0.3, -0.25) is 4.90 Å². The Balaban J connectivity index is 1.70. The fourth-order valence-corrected chi connectivity index (χ4v) is 3.00. The standard InChI is InChI=1S/C18H30N2/c1-15(2)12-17-6-8-18(9-7-17)14-19-13-16(3)20-10-4-5-11-20/h6-9,15-16,19H,4-5,10-14H2,1-3H3. The van der Waals surface area contributed by atoms with E-state index in [-0.39, 0.29) is 0 Å². The van der Waals surface area contributed by atoms with E-state index in [0.717, 1.165) is 19.0 Å². The van der Waals surface area contributed by atoms with E-state index < -0.39 is 0 Å². The maximum Gasteiger partial charge on any atom is 0.0206 e. The molecule has 1 aliphatic rings. The molecule has 0 spiro atoms. The Morgan fingerprint density at radius 2 is 1.60 bits per heavy atom. The summed E-state index contributed by atoms with van der Waals surface area (Å²) >= 11 is 0. The van der Waals surface area contributed by atoms with Crippen molar-refractivity contribution in [2.45, 2.75) is 52.6 Å². The molecule has 112 valence electrons. The molecule has 1 aliphatic heterocycles. The Morgan fingerprint density at radius 1 is 1.00 bits per heavy atom. The quantitative estimate of drug-likeness (QED) is 0.819. The van der Waals surface area contributed by atoms with Crippen LogP contribution in [0.25, 0.3) is 0 Å². The number of likely N-dealkylation sites (tertiary alicyclic amines) is 1. The second kappa shape index (κ2) is 7.80. The van der Waals surface area contributed by atoms with Gasteiger partial charge >= 0.3 is 0 Å². The Bertz CT molecular complexity index is 377. The predicted molar refractivity (Wildman–Crippen MR) is 87.0 cm³/mol. The molecule has 1 aromatic rings. The van der Waals surface area contributed by atoms with Crippen LogP contribution in [-0.2, 0) is 13.0 Å². The fourth-order valence-electron chi connectivity index (χ4n) is 3.00. The molecule has 0 radical (unpaired) electrons. The zero-order chi connectivity index (χ0) is 14.4. The summed E-state index contributed by atoms with van der Waals surface area (Å²) < 4.78 is 0. The van der Waals surface area contributed by atoms with E-state index in [2.05, 4.69) is 55.3 Å². The number of nitrogens with one attached hydrogen (secondary N) is 1. The number of hydrogen-bond acceptors (Lipinski definition) is 2. The number of benzene rings is 1. The van der Waals surface area contributed by atoms with Crippen LogP contribution < -0.4 is 5.32 Å². The lowest BCUT2D eigenvalue weighted by molar-refractivity contribution is 0.251. The largest absolute Gasteiger partial charge is 0.311 e. The van der Waals surface area contributed by atoms with Crippen LogP contribution in [-0.4, -0.2) is 30.6 Å². The highest BCUT2D eigenvalue weighted by Gasteiger charge is 2.17. The van der Waals surface area contributed by atoms with Crippen LogP contribution >= 0.6 is 0 Å². The van der Waals surface area contributed by atoms with E-state index >= 15 is 0 Å². The minimum Gasteiger partial charge on any atom is -0.311 e. The molecular formula is C18H30N2. The zero-order valence-corrected chi connectivity index (χ0v) is 13.4. The molecule has 1 atom stereocenters. The van der Waals surface area contributed by atoms with E-state index in [1.807, 2.05) is 0 Å². The Labute approximate surface area is 124 Å². The van der Waals surface area contributed by atoms with Crippen molar-refractivity contribution in [3.8, 4) is 0 Å². The summed E-state index contributed by atoms with van der Waals surface area (Å²) in [5.41, 5.74) is 2.85. The summed E-state index contributed by atoms with van der Waals surface area (Å²) in [6, 6.07) is 9.76. The molecule has 0 aromatic heterocycles. The van der Waals surface area contributed by atoms with E-state index in [0.29, 0.717) is 6.04 Å². The summed E-state index contributed by atoms with van der Waals surface area (Å²) in [5, 5.41) is 3.60. The van der Waals surface area contributed by atoms with E-state index in [9.17, 15) is 0 Å². The molecular weight excluding hydrogens is 244 g/mol. The van der Waals surface area contributed by atoms with E-state index in [1.54, 1.807) is 0 Å². The van der Waals surface area contributed by atoms with Crippen LogP contribution in [0.3, 0.4) is 0 Å². The zero-order valence-electron chi connectivity index (χ0n) is 13.4. The second-order valence-electron chi connectivity index (χ2n) is 6.64. The third kappa shape index (κ3) is 4.92. The van der Waals surface area contributed by atoms with Crippen LogP contribution in [0.4, 0.5) is 0 Å². The first-order chi connectivity index (χ1) is 9.65. The number of hydrogen-bond donors (Lipinski definition) is 1. The molecule has 1 fully saturated rings. The first-order valence-corrected chi connectivity index (χ1v) is 8.17. The molecule has 0 bridgehead atoms. The molecule has 1 saturated heterocycles. The van der Waals surface area contributed by atoms with Gasteiger partial charge in [-0.05, 0) is 56.3 Å². The molecule has 1 unspecified atom stereocenters. The Morgan fingerprint density at radius 3 is 2.20 bits per heavy atom. The molecule has 0 amide bonds. The minimum atomic E-state index is 0.665. The summed E-state index contributed by atoms with van der Waals surface area (Å²) in [5.74, 6) is 0.736. The lowest BCUT2D eigenvalue weighted by Gasteiger charge is -2.24. The van der Waals surface area contributed by atoms with Crippen LogP contribution in [0.2, 0.25) is 0 Å². The summed E-state index contributed by atoms with van der Waals surface area (Å²) in [7, 11) is 0. The fraction of sp³-hybridized carbons (Fsp3) is 0.667. The molecule has 1 N–H and O–H groups in total. The van der Waals surface area contributed by atoms with Gasteiger partial charge in [0, 0.05) is 19.1 Å². The first kappa shape index (κ1) is 15.5. The minimum absolute atomic E-state index is 0.665. The van der Waals surface area contributed by atoms with Crippen molar-refractivity contribution in [2.75, 3.05) is 19.6 Å². The van der Waals surface area contributed by atoms with Crippen molar-refractivity contribution < 1.29 is 0 Å². The number of nitrogens with zero attached hydrogens (tertiary/aromatic N) is 1. The van der Waals surface area contributed by atoms with Gasteiger partial charge in [0.2, 0.25) is 0 Å². The summed E-state index contributed by atoms with van der Waals surface area (Å²) in [6.45, 7) is 11.5. The van der Waals surface area contributed by atoms with Crippen molar-refractivity contribution in [3.05, 3.63) is 35.4 Å². The van der Waals surface area contributed by atoms with Gasteiger partial charge in [0.05, 0.1) is 0 Å². The Hall–Kier alpha value is -0.860. The lowest BCUT2D eigenvalue weighted by Crippen LogP contribution is -2.38. The van der Waals surface area contributed by atoms with Gasteiger partial charge in [-0.15, -0.1) is 0 Å².